The summed E-state index contributed by atoms with van der Waals surface area (Å²) in [5.41, 5.74) is 1.74. The Morgan fingerprint density at radius 3 is 2.82 bits per heavy atom. The molecule has 0 amide bonds. The molecule has 39 heavy (non-hydrogen) atoms. The summed E-state index contributed by atoms with van der Waals surface area (Å²) in [4.78, 5) is 31.9. The normalized spacial score (nSPS) is 16.3. The third-order valence-electron chi connectivity index (χ3n) is 6.35. The summed E-state index contributed by atoms with van der Waals surface area (Å²) in [5.74, 6) is 1.56. The average Bonchev–Trinajstić information content (AvgIpc) is 3.64. The number of nitrogens with zero attached hydrogens (tertiary/aromatic N) is 2. The van der Waals surface area contributed by atoms with Crippen molar-refractivity contribution >= 4 is 46.6 Å². The van der Waals surface area contributed by atoms with Gasteiger partial charge in [0.25, 0.3) is 5.56 Å². The average molecular weight is 583 g/mol. The van der Waals surface area contributed by atoms with Gasteiger partial charge in [-0.3, -0.25) is 9.36 Å². The van der Waals surface area contributed by atoms with E-state index in [1.54, 1.807) is 68.5 Å². The number of aromatic nitrogens is 1. The summed E-state index contributed by atoms with van der Waals surface area (Å²) in [6, 6.07) is 13.4. The maximum atomic E-state index is 13.8. The van der Waals surface area contributed by atoms with Gasteiger partial charge in [0.05, 0.1) is 38.5 Å². The molecule has 1 atom stereocenters. The molecule has 4 heterocycles. The largest absolute Gasteiger partial charge is 0.463 e. The minimum Gasteiger partial charge on any atom is -0.463 e. The smallest absolute Gasteiger partial charge is 0.338 e. The molecule has 4 aromatic rings. The van der Waals surface area contributed by atoms with Gasteiger partial charge in [-0.1, -0.05) is 46.7 Å². The molecule has 0 N–H and O–H groups in total. The van der Waals surface area contributed by atoms with E-state index in [4.69, 9.17) is 41.8 Å². The van der Waals surface area contributed by atoms with E-state index < -0.39 is 12.0 Å². The number of esters is 1. The number of fused-ring (bicyclic) bond motifs is 2. The van der Waals surface area contributed by atoms with Crippen LogP contribution in [0.4, 0.5) is 0 Å². The van der Waals surface area contributed by atoms with E-state index in [1.807, 2.05) is 0 Å². The summed E-state index contributed by atoms with van der Waals surface area (Å²) in [6.45, 7) is 3.75. The zero-order valence-electron chi connectivity index (χ0n) is 20.7. The first-order chi connectivity index (χ1) is 18.9. The van der Waals surface area contributed by atoms with Crippen LogP contribution in [0, 0.1) is 0 Å². The molecule has 0 fully saturated rings. The second kappa shape index (κ2) is 10.1. The predicted octanol–water partition coefficient (Wildman–Crippen LogP) is 5.09. The van der Waals surface area contributed by atoms with Gasteiger partial charge in [0.15, 0.2) is 16.3 Å². The Balaban J connectivity index is 1.48. The number of allylic oxidation sites excluding steroid dienone is 1. The Bertz CT molecular complexity index is 1850. The van der Waals surface area contributed by atoms with Crippen molar-refractivity contribution in [1.82, 2.24) is 4.57 Å². The lowest BCUT2D eigenvalue weighted by Crippen LogP contribution is -2.39. The Kier molecular flexibility index (Phi) is 6.58. The van der Waals surface area contributed by atoms with Crippen LogP contribution >= 0.6 is 34.5 Å². The highest BCUT2D eigenvalue weighted by atomic mass is 35.5. The van der Waals surface area contributed by atoms with Crippen molar-refractivity contribution in [2.24, 2.45) is 4.99 Å². The van der Waals surface area contributed by atoms with Crippen LogP contribution in [0.25, 0.3) is 17.4 Å². The fraction of sp³-hybridized carbons (Fsp3) is 0.179. The van der Waals surface area contributed by atoms with Gasteiger partial charge in [0, 0.05) is 11.6 Å². The van der Waals surface area contributed by atoms with E-state index >= 15 is 0 Å². The topological polar surface area (TPSA) is 92.3 Å². The quantitative estimate of drug-likeness (QED) is 0.304. The van der Waals surface area contributed by atoms with Crippen molar-refractivity contribution < 1.29 is 23.4 Å². The van der Waals surface area contributed by atoms with Gasteiger partial charge < -0.3 is 18.6 Å². The van der Waals surface area contributed by atoms with Gasteiger partial charge in [0.1, 0.15) is 11.5 Å². The van der Waals surface area contributed by atoms with Crippen LogP contribution < -0.4 is 24.4 Å². The van der Waals surface area contributed by atoms with Crippen LogP contribution in [0.1, 0.15) is 31.2 Å². The molecule has 0 bridgehead atoms. The number of carbonyl (C=O) groups excluding carboxylic acids is 1. The number of hydrogen-bond acceptors (Lipinski definition) is 8. The number of ether oxygens (including phenoxy) is 3. The Hall–Kier alpha value is -3.79. The summed E-state index contributed by atoms with van der Waals surface area (Å²) < 4.78 is 24.2. The molecule has 0 aliphatic carbocycles. The van der Waals surface area contributed by atoms with Gasteiger partial charge in [-0.05, 0) is 55.8 Å². The maximum Gasteiger partial charge on any atom is 0.338 e. The lowest BCUT2D eigenvalue weighted by Gasteiger charge is -2.24. The van der Waals surface area contributed by atoms with Gasteiger partial charge >= 0.3 is 5.97 Å². The number of thiazole rings is 1. The predicted molar refractivity (Wildman–Crippen MR) is 147 cm³/mol. The number of hydrogen-bond donors (Lipinski definition) is 0. The first-order valence-corrected chi connectivity index (χ1v) is 13.6. The van der Waals surface area contributed by atoms with Gasteiger partial charge in [0.2, 0.25) is 6.79 Å². The maximum absolute atomic E-state index is 13.8. The molecule has 0 saturated carbocycles. The molecule has 2 aliphatic rings. The second-order valence-electron chi connectivity index (χ2n) is 8.72. The number of carbonyl (C=O) groups is 1. The standard InChI is InChI=1S/C28H20Cl2N2O6S/c1-3-35-27(34)23-14(2)31-28-32(25(23)15-7-9-20-21(11-15)37-13-36-20)26(33)22(39-28)12-16-8-10-19(38-16)17-5-4-6-18(29)24(17)30/h4-12,25H,3,13H2,1-2H3. The highest BCUT2D eigenvalue weighted by Crippen LogP contribution is 2.38. The lowest BCUT2D eigenvalue weighted by atomic mass is 9.95. The van der Waals surface area contributed by atoms with Crippen molar-refractivity contribution in [3.8, 4) is 22.8 Å². The molecule has 198 valence electrons. The Labute approximate surface area is 236 Å². The second-order valence-corrected chi connectivity index (χ2v) is 10.5. The number of rotatable bonds is 5. The molecule has 0 spiro atoms. The third-order valence-corrected chi connectivity index (χ3v) is 8.15. The number of furan rings is 1. The van der Waals surface area contributed by atoms with Crippen molar-refractivity contribution in [2.75, 3.05) is 13.4 Å². The summed E-state index contributed by atoms with van der Waals surface area (Å²) >= 11 is 13.7. The first-order valence-electron chi connectivity index (χ1n) is 12.0. The third kappa shape index (κ3) is 4.46. The van der Waals surface area contributed by atoms with Crippen LogP contribution in [-0.4, -0.2) is 23.9 Å². The molecule has 8 nitrogen and oxygen atoms in total. The lowest BCUT2D eigenvalue weighted by molar-refractivity contribution is -0.139. The van der Waals surface area contributed by atoms with Crippen molar-refractivity contribution in [1.29, 1.82) is 0 Å². The van der Waals surface area contributed by atoms with Crippen molar-refractivity contribution in [3.05, 3.63) is 101 Å². The van der Waals surface area contributed by atoms with Crippen LogP contribution in [0.3, 0.4) is 0 Å². The number of halogens is 2. The molecule has 1 unspecified atom stereocenters. The molecular formula is C28H20Cl2N2O6S. The van der Waals surface area contributed by atoms with E-state index in [0.29, 0.717) is 59.2 Å². The SMILES string of the molecule is CCOC(=O)C1=C(C)N=c2sc(=Cc3ccc(-c4cccc(Cl)c4Cl)o3)c(=O)n2C1c1ccc2c(c1)OCO2. The summed E-state index contributed by atoms with van der Waals surface area (Å²) in [5, 5.41) is 0.793. The monoisotopic (exact) mass is 582 g/mol. The molecule has 11 heteroatoms. The number of benzene rings is 2. The fourth-order valence-corrected chi connectivity index (χ4v) is 6.01. The van der Waals surface area contributed by atoms with Gasteiger partial charge in [-0.2, -0.15) is 0 Å². The minimum absolute atomic E-state index is 0.104. The van der Waals surface area contributed by atoms with E-state index in [9.17, 15) is 9.59 Å². The van der Waals surface area contributed by atoms with Crippen molar-refractivity contribution in [3.63, 3.8) is 0 Å². The zero-order chi connectivity index (χ0) is 27.3. The van der Waals surface area contributed by atoms with Gasteiger partial charge in [-0.15, -0.1) is 0 Å². The Morgan fingerprint density at radius 2 is 2.00 bits per heavy atom. The minimum atomic E-state index is -0.769. The van der Waals surface area contributed by atoms with Crippen LogP contribution in [0.5, 0.6) is 11.5 Å². The highest BCUT2D eigenvalue weighted by molar-refractivity contribution is 7.07. The summed E-state index contributed by atoms with van der Waals surface area (Å²) in [7, 11) is 0. The fourth-order valence-electron chi connectivity index (χ4n) is 4.59. The highest BCUT2D eigenvalue weighted by Gasteiger charge is 2.34. The molecule has 2 aromatic heterocycles. The zero-order valence-corrected chi connectivity index (χ0v) is 23.0. The molecule has 0 radical (unpaired) electrons. The van der Waals surface area contributed by atoms with E-state index in [1.165, 1.54) is 15.9 Å². The van der Waals surface area contributed by atoms with Crippen LogP contribution in [0.2, 0.25) is 10.0 Å². The molecule has 2 aromatic carbocycles. The van der Waals surface area contributed by atoms with Crippen LogP contribution in [0.15, 0.2) is 74.0 Å². The van der Waals surface area contributed by atoms with E-state index in [-0.39, 0.29) is 24.5 Å². The molecule has 6 rings (SSSR count). The van der Waals surface area contributed by atoms with E-state index in [2.05, 4.69) is 4.99 Å². The molecule has 2 aliphatic heterocycles. The van der Waals surface area contributed by atoms with Gasteiger partial charge in [-0.25, -0.2) is 9.79 Å². The molecule has 0 saturated heterocycles. The van der Waals surface area contributed by atoms with Crippen molar-refractivity contribution in [2.45, 2.75) is 19.9 Å². The Morgan fingerprint density at radius 1 is 1.18 bits per heavy atom. The van der Waals surface area contributed by atoms with E-state index in [0.717, 1.165) is 0 Å². The van der Waals surface area contributed by atoms with Crippen LogP contribution in [-0.2, 0) is 9.53 Å². The molecular weight excluding hydrogens is 563 g/mol. The first kappa shape index (κ1) is 25.5. The summed E-state index contributed by atoms with van der Waals surface area (Å²) in [6.07, 6.45) is 1.64.